The summed E-state index contributed by atoms with van der Waals surface area (Å²) in [6.45, 7) is 15.3. The lowest BCUT2D eigenvalue weighted by Gasteiger charge is -2.20. The van der Waals surface area contributed by atoms with Gasteiger partial charge in [0, 0.05) is 103 Å². The average molecular weight is 2070 g/mol. The third kappa shape index (κ3) is 97.9. The van der Waals surface area contributed by atoms with Crippen LogP contribution in [-0.4, -0.2) is 234 Å². The summed E-state index contributed by atoms with van der Waals surface area (Å²) < 4.78 is 95.5. The number of carbonyl (C=O) groups excluding carboxylic acids is 17. The summed E-state index contributed by atoms with van der Waals surface area (Å²) in [6.07, 6.45) is 38.2. The Morgan fingerprint density at radius 1 is 0.193 bits per heavy atom. The largest absolute Gasteiger partial charge is 0.466 e. The van der Waals surface area contributed by atoms with Gasteiger partial charge in [0.2, 0.25) is 0 Å². The fourth-order valence-electron chi connectivity index (χ4n) is 14.1. The lowest BCUT2D eigenvalue weighted by Crippen LogP contribution is -2.29. The van der Waals surface area contributed by atoms with Crippen LogP contribution in [-0.2, 0) is 162 Å². The van der Waals surface area contributed by atoms with E-state index in [1.807, 2.05) is 20.8 Å². The van der Waals surface area contributed by atoms with Gasteiger partial charge in [0.05, 0.1) is 124 Å². The minimum absolute atomic E-state index is 0.145. The number of rotatable bonds is 104. The lowest BCUT2D eigenvalue weighted by atomic mass is 9.91. The van der Waals surface area contributed by atoms with Gasteiger partial charge in [-0.1, -0.05) is 40.0 Å². The van der Waals surface area contributed by atoms with E-state index in [9.17, 15) is 81.5 Å². The number of hydrogen-bond donors (Lipinski definition) is 1. The third-order valence-electron chi connectivity index (χ3n) is 23.7. The first-order valence-corrected chi connectivity index (χ1v) is 55.3. The molecule has 0 bridgehead atoms. The molecule has 1 atom stereocenters. The van der Waals surface area contributed by atoms with Crippen LogP contribution in [0.2, 0.25) is 0 Å². The summed E-state index contributed by atoms with van der Waals surface area (Å²) in [5, 5.41) is 2.59. The van der Waals surface area contributed by atoms with Crippen molar-refractivity contribution in [1.29, 1.82) is 0 Å². The quantitative estimate of drug-likeness (QED) is 0.0336. The molecule has 36 nitrogen and oxygen atoms in total. The smallest absolute Gasteiger partial charge is 0.407 e. The minimum Gasteiger partial charge on any atom is -0.466 e. The Morgan fingerprint density at radius 2 is 0.372 bits per heavy atom. The SMILES string of the molecule is CCCCC(CC)COC(=O)CCCCCOC(=O)CCCCCOC(=O)CCCCCOC(=O)CCCCCOC(=O)CCCCCOC(=O)CCCCCOC(=O)CCCCCOC(=O)CCCCCOC(=O)CCCCCOC(=O)CCCCCOC(=O)CCCCCOC(=O)CCCCCOC(=O)CCCCCOC(=O)CCCCCOC(=O)CCCCCOC(=O)NCCOCCOC(=O)C(C)(C)CC. The van der Waals surface area contributed by atoms with E-state index >= 15 is 0 Å². The molecule has 0 saturated heterocycles. The molecular weight excluding hydrogens is 1880 g/mol. The molecule has 0 saturated carbocycles. The first kappa shape index (κ1) is 136. The van der Waals surface area contributed by atoms with Gasteiger partial charge >= 0.3 is 102 Å². The zero-order chi connectivity index (χ0) is 106. The Labute approximate surface area is 864 Å². The van der Waals surface area contributed by atoms with Gasteiger partial charge in [-0.15, -0.1) is 0 Å². The number of carbonyl (C=O) groups is 17. The Bertz CT molecular complexity index is 3250. The number of hydrogen-bond acceptors (Lipinski definition) is 35. The van der Waals surface area contributed by atoms with Crippen LogP contribution in [0.15, 0.2) is 0 Å². The van der Waals surface area contributed by atoms with E-state index < -0.39 is 11.5 Å². The second-order valence-electron chi connectivity index (χ2n) is 37.4. The van der Waals surface area contributed by atoms with Crippen molar-refractivity contribution in [1.82, 2.24) is 5.32 Å². The second-order valence-corrected chi connectivity index (χ2v) is 37.4. The van der Waals surface area contributed by atoms with Gasteiger partial charge in [-0.25, -0.2) is 4.79 Å². The standard InChI is InChI=1S/C109H187NO35/c1-6-9-55-91(7-2)90-145-106(125)70-39-23-53-85-142-104(123)68-37-21-51-83-140-102(121)66-35-19-49-81-138-100(119)64-33-17-47-79-136-98(117)62-31-15-45-77-134-96(115)60-29-13-43-75-132-94(113)58-27-11-41-73-130-92(111)56-25-10-40-72-129-93(112)57-26-12-42-74-131-95(114)59-28-14-44-76-133-97(116)61-30-16-46-78-135-99(118)63-32-18-48-80-137-101(120)65-34-20-50-82-139-103(122)67-36-22-52-84-141-105(124)69-38-24-54-86-144-108(127)110-71-87-128-88-89-143-107(126)109(4,5)8-3/h91H,6-90H2,1-5H3,(H,110,127). The van der Waals surface area contributed by atoms with E-state index in [1.165, 1.54) is 0 Å². The molecule has 0 aliphatic rings. The predicted molar refractivity (Wildman–Crippen MR) is 540 cm³/mol. The number of unbranched alkanes of at least 4 members (excludes halogenated alkanes) is 31. The molecular formula is C109H187NO35. The maximum atomic E-state index is 12.2. The van der Waals surface area contributed by atoms with Gasteiger partial charge in [0.25, 0.3) is 0 Å². The van der Waals surface area contributed by atoms with Gasteiger partial charge in [0.1, 0.15) is 6.61 Å². The van der Waals surface area contributed by atoms with Crippen LogP contribution in [0.25, 0.3) is 0 Å². The van der Waals surface area contributed by atoms with Gasteiger partial charge in [-0.05, 0) is 322 Å². The van der Waals surface area contributed by atoms with Crippen molar-refractivity contribution in [2.75, 3.05) is 132 Å². The molecule has 1 unspecified atom stereocenters. The third-order valence-corrected chi connectivity index (χ3v) is 23.7. The van der Waals surface area contributed by atoms with E-state index in [0.29, 0.717) is 315 Å². The van der Waals surface area contributed by atoms with E-state index in [0.717, 1.165) is 44.9 Å². The molecule has 0 aliphatic carbocycles. The van der Waals surface area contributed by atoms with Crippen LogP contribution in [0.3, 0.4) is 0 Å². The van der Waals surface area contributed by atoms with Crippen LogP contribution in [0, 0.1) is 11.3 Å². The van der Waals surface area contributed by atoms with Crippen LogP contribution in [0.5, 0.6) is 0 Å². The minimum atomic E-state index is -0.557. The number of esters is 16. The zero-order valence-electron chi connectivity index (χ0n) is 89.5. The number of ether oxygens (including phenoxy) is 18. The summed E-state index contributed by atoms with van der Waals surface area (Å²) in [6, 6.07) is 0. The summed E-state index contributed by atoms with van der Waals surface area (Å²) in [5.74, 6) is -4.04. The van der Waals surface area contributed by atoms with Gasteiger partial charge in [0.15, 0.2) is 0 Å². The fraction of sp³-hybridized carbons (Fsp3) is 0.844. The molecule has 838 valence electrons. The molecule has 0 spiro atoms. The van der Waals surface area contributed by atoms with Crippen LogP contribution in [0.4, 0.5) is 4.79 Å². The van der Waals surface area contributed by atoms with E-state index in [-0.39, 0.29) is 291 Å². The number of alkyl carbamates (subject to hydrolysis) is 1. The van der Waals surface area contributed by atoms with E-state index in [4.69, 9.17) is 85.3 Å². The lowest BCUT2D eigenvalue weighted by molar-refractivity contribution is -0.156. The topological polar surface area (TPSA) is 468 Å². The highest BCUT2D eigenvalue weighted by molar-refractivity contribution is 5.76. The molecule has 0 aromatic rings. The molecule has 0 aromatic carbocycles. The average Bonchev–Trinajstić information content (AvgIpc) is 0.895. The number of amides is 1. The molecule has 145 heavy (non-hydrogen) atoms. The van der Waals surface area contributed by atoms with Crippen molar-refractivity contribution < 1.29 is 167 Å². The Morgan fingerprint density at radius 3 is 0.545 bits per heavy atom. The van der Waals surface area contributed by atoms with Gasteiger partial charge in [-0.2, -0.15) is 0 Å². The first-order chi connectivity index (χ1) is 70.3. The van der Waals surface area contributed by atoms with E-state index in [1.54, 1.807) is 0 Å². The highest BCUT2D eigenvalue weighted by Gasteiger charge is 2.27. The first-order valence-electron chi connectivity index (χ1n) is 55.3. The summed E-state index contributed by atoms with van der Waals surface area (Å²) in [7, 11) is 0. The van der Waals surface area contributed by atoms with Crippen molar-refractivity contribution in [3.63, 3.8) is 0 Å². The molecule has 0 fully saturated rings. The molecule has 0 rings (SSSR count). The Hall–Kier alpha value is -9.25. The molecule has 36 heteroatoms. The predicted octanol–water partition coefficient (Wildman–Crippen LogP) is 20.5. The van der Waals surface area contributed by atoms with Crippen molar-refractivity contribution >= 4 is 102 Å². The number of nitrogens with one attached hydrogen (secondary N) is 1. The van der Waals surface area contributed by atoms with Crippen LogP contribution >= 0.6 is 0 Å². The Kier molecular flexibility index (Phi) is 94.2. The molecule has 0 aromatic heterocycles. The Balaban J connectivity index is 3.55. The van der Waals surface area contributed by atoms with E-state index in [2.05, 4.69) is 19.2 Å². The maximum Gasteiger partial charge on any atom is 0.407 e. The van der Waals surface area contributed by atoms with Gasteiger partial charge in [-0.3, -0.25) is 76.7 Å². The maximum absolute atomic E-state index is 12.2. The van der Waals surface area contributed by atoms with Crippen LogP contribution in [0.1, 0.15) is 452 Å². The molecule has 0 aliphatic heterocycles. The highest BCUT2D eigenvalue weighted by atomic mass is 16.6. The van der Waals surface area contributed by atoms with Crippen molar-refractivity contribution in [2.24, 2.45) is 11.3 Å². The van der Waals surface area contributed by atoms with Crippen molar-refractivity contribution in [3.05, 3.63) is 0 Å². The van der Waals surface area contributed by atoms with Crippen molar-refractivity contribution in [2.45, 2.75) is 452 Å². The van der Waals surface area contributed by atoms with Gasteiger partial charge < -0.3 is 90.6 Å². The molecule has 1 N–H and O–H groups in total. The molecule has 0 radical (unpaired) electrons. The monoisotopic (exact) mass is 2070 g/mol. The summed E-state index contributed by atoms with van der Waals surface area (Å²) in [5.41, 5.74) is -0.534. The summed E-state index contributed by atoms with van der Waals surface area (Å²) in [4.78, 5) is 206. The molecule has 0 heterocycles. The summed E-state index contributed by atoms with van der Waals surface area (Å²) >= 11 is 0. The zero-order valence-corrected chi connectivity index (χ0v) is 89.5. The van der Waals surface area contributed by atoms with Crippen LogP contribution < -0.4 is 5.32 Å². The normalized spacial score (nSPS) is 11.3. The fourth-order valence-corrected chi connectivity index (χ4v) is 14.1. The molecule has 1 amide bonds. The second kappa shape index (κ2) is 101. The highest BCUT2D eigenvalue weighted by Crippen LogP contribution is 2.23. The van der Waals surface area contributed by atoms with Crippen molar-refractivity contribution in [3.8, 4) is 0 Å².